The van der Waals surface area contributed by atoms with Crippen molar-refractivity contribution < 1.29 is 4.79 Å². The van der Waals surface area contributed by atoms with Crippen molar-refractivity contribution in [3.8, 4) is 0 Å². The van der Waals surface area contributed by atoms with Crippen LogP contribution in [0.3, 0.4) is 0 Å². The van der Waals surface area contributed by atoms with E-state index in [9.17, 15) is 4.79 Å². The molecule has 0 N–H and O–H groups in total. The fourth-order valence-electron chi connectivity index (χ4n) is 2.43. The standard InChI is InChI=1S/C15H21ClN2OS/c1-17(2)10-14-11-20-9-3-8-18(14)15(19)12-4-6-13(16)7-5-12/h4-7,14H,3,8-11H2,1-2H3. The number of halogens is 1. The number of carbonyl (C=O) groups excluding carboxylic acids is 1. The predicted octanol–water partition coefficient (Wildman–Crippen LogP) is 2.85. The highest BCUT2D eigenvalue weighted by Crippen LogP contribution is 2.20. The van der Waals surface area contributed by atoms with Gasteiger partial charge in [0.25, 0.3) is 5.91 Å². The van der Waals surface area contributed by atoms with E-state index in [1.165, 1.54) is 0 Å². The molecule has 0 bridgehead atoms. The first-order chi connectivity index (χ1) is 9.58. The van der Waals surface area contributed by atoms with Crippen LogP contribution in [0.1, 0.15) is 16.8 Å². The summed E-state index contributed by atoms with van der Waals surface area (Å²) in [7, 11) is 4.11. The molecule has 1 aromatic carbocycles. The number of hydrogen-bond donors (Lipinski definition) is 0. The summed E-state index contributed by atoms with van der Waals surface area (Å²) in [4.78, 5) is 16.9. The van der Waals surface area contributed by atoms with Crippen LogP contribution in [0.5, 0.6) is 0 Å². The van der Waals surface area contributed by atoms with Gasteiger partial charge in [-0.1, -0.05) is 11.6 Å². The molecule has 0 saturated carbocycles. The van der Waals surface area contributed by atoms with Gasteiger partial charge in [-0.05, 0) is 50.5 Å². The van der Waals surface area contributed by atoms with Gasteiger partial charge in [0.05, 0.1) is 6.04 Å². The monoisotopic (exact) mass is 312 g/mol. The number of likely N-dealkylation sites (N-methyl/N-ethyl adjacent to an activating group) is 1. The van der Waals surface area contributed by atoms with Gasteiger partial charge < -0.3 is 9.80 Å². The number of nitrogens with zero attached hydrogens (tertiary/aromatic N) is 2. The third kappa shape index (κ3) is 4.14. The fourth-order valence-corrected chi connectivity index (χ4v) is 3.61. The van der Waals surface area contributed by atoms with Crippen LogP contribution in [-0.4, -0.2) is 60.4 Å². The summed E-state index contributed by atoms with van der Waals surface area (Å²) in [5, 5.41) is 0.665. The Morgan fingerprint density at radius 1 is 1.40 bits per heavy atom. The zero-order valence-corrected chi connectivity index (χ0v) is 13.6. The molecule has 1 unspecified atom stereocenters. The van der Waals surface area contributed by atoms with Crippen molar-refractivity contribution in [1.82, 2.24) is 9.80 Å². The first-order valence-electron chi connectivity index (χ1n) is 6.87. The van der Waals surface area contributed by atoms with Gasteiger partial charge in [0, 0.05) is 29.4 Å². The van der Waals surface area contributed by atoms with Crippen molar-refractivity contribution in [2.75, 3.05) is 38.7 Å². The highest BCUT2D eigenvalue weighted by molar-refractivity contribution is 7.99. The van der Waals surface area contributed by atoms with E-state index < -0.39 is 0 Å². The molecule has 5 heteroatoms. The second kappa shape index (κ2) is 7.34. The number of hydrogen-bond acceptors (Lipinski definition) is 3. The van der Waals surface area contributed by atoms with Gasteiger partial charge in [0.15, 0.2) is 0 Å². The Hall–Kier alpha value is -0.710. The summed E-state index contributed by atoms with van der Waals surface area (Å²) in [6.07, 6.45) is 1.06. The molecule has 110 valence electrons. The van der Waals surface area contributed by atoms with E-state index in [-0.39, 0.29) is 11.9 Å². The van der Waals surface area contributed by atoms with Crippen LogP contribution >= 0.6 is 23.4 Å². The molecular formula is C15H21ClN2OS. The molecule has 20 heavy (non-hydrogen) atoms. The molecule has 0 aliphatic carbocycles. The minimum absolute atomic E-state index is 0.121. The molecule has 1 aromatic rings. The topological polar surface area (TPSA) is 23.6 Å². The molecule has 1 heterocycles. The van der Waals surface area contributed by atoms with Crippen molar-refractivity contribution in [2.24, 2.45) is 0 Å². The molecule has 0 aromatic heterocycles. The van der Waals surface area contributed by atoms with Crippen LogP contribution in [0.4, 0.5) is 0 Å². The summed E-state index contributed by atoms with van der Waals surface area (Å²) in [5.74, 6) is 2.27. The number of rotatable bonds is 3. The number of amides is 1. The lowest BCUT2D eigenvalue weighted by atomic mass is 10.1. The van der Waals surface area contributed by atoms with Gasteiger partial charge in [-0.2, -0.15) is 11.8 Å². The first kappa shape index (κ1) is 15.7. The zero-order chi connectivity index (χ0) is 14.5. The maximum atomic E-state index is 12.7. The predicted molar refractivity (Wildman–Crippen MR) is 86.8 cm³/mol. The van der Waals surface area contributed by atoms with Crippen LogP contribution in [0.2, 0.25) is 5.02 Å². The van der Waals surface area contributed by atoms with Crippen molar-refractivity contribution in [2.45, 2.75) is 12.5 Å². The van der Waals surface area contributed by atoms with E-state index in [1.807, 2.05) is 28.8 Å². The Bertz CT molecular complexity index is 450. The van der Waals surface area contributed by atoms with Crippen LogP contribution < -0.4 is 0 Å². The Morgan fingerprint density at radius 3 is 2.75 bits per heavy atom. The summed E-state index contributed by atoms with van der Waals surface area (Å²) in [5.41, 5.74) is 0.727. The van der Waals surface area contributed by atoms with Crippen LogP contribution in [0.15, 0.2) is 24.3 Å². The lowest BCUT2D eigenvalue weighted by Crippen LogP contribution is -2.46. The first-order valence-corrected chi connectivity index (χ1v) is 8.40. The molecule has 3 nitrogen and oxygen atoms in total. The molecular weight excluding hydrogens is 292 g/mol. The highest BCUT2D eigenvalue weighted by Gasteiger charge is 2.26. The fraction of sp³-hybridized carbons (Fsp3) is 0.533. The SMILES string of the molecule is CN(C)CC1CSCCCN1C(=O)c1ccc(Cl)cc1. The Morgan fingerprint density at radius 2 is 2.10 bits per heavy atom. The quantitative estimate of drug-likeness (QED) is 0.857. The summed E-state index contributed by atoms with van der Waals surface area (Å²) in [6, 6.07) is 7.47. The van der Waals surface area contributed by atoms with Gasteiger partial charge >= 0.3 is 0 Å². The third-order valence-corrected chi connectivity index (χ3v) is 4.82. The summed E-state index contributed by atoms with van der Waals surface area (Å²) in [6.45, 7) is 1.75. The minimum Gasteiger partial charge on any atom is -0.334 e. The Kier molecular flexibility index (Phi) is 5.75. The third-order valence-electron chi connectivity index (χ3n) is 3.37. The molecule has 0 radical (unpaired) electrons. The van der Waals surface area contributed by atoms with Crippen molar-refractivity contribution in [1.29, 1.82) is 0 Å². The van der Waals surface area contributed by atoms with Gasteiger partial charge in [-0.25, -0.2) is 0 Å². The Balaban J connectivity index is 2.16. The molecule has 1 saturated heterocycles. The van der Waals surface area contributed by atoms with E-state index >= 15 is 0 Å². The summed E-state index contributed by atoms with van der Waals surface area (Å²) < 4.78 is 0. The second-order valence-electron chi connectivity index (χ2n) is 5.35. The van der Waals surface area contributed by atoms with Crippen LogP contribution in [0.25, 0.3) is 0 Å². The van der Waals surface area contributed by atoms with E-state index in [4.69, 9.17) is 11.6 Å². The second-order valence-corrected chi connectivity index (χ2v) is 6.94. The summed E-state index contributed by atoms with van der Waals surface area (Å²) >= 11 is 7.83. The average molecular weight is 313 g/mol. The number of carbonyl (C=O) groups is 1. The maximum absolute atomic E-state index is 12.7. The van der Waals surface area contributed by atoms with E-state index in [0.29, 0.717) is 5.02 Å². The molecule has 1 aliphatic rings. The van der Waals surface area contributed by atoms with Gasteiger partial charge in [0.1, 0.15) is 0 Å². The molecule has 1 fully saturated rings. The Labute approximate surface area is 130 Å². The van der Waals surface area contributed by atoms with E-state index in [2.05, 4.69) is 19.0 Å². The van der Waals surface area contributed by atoms with E-state index in [0.717, 1.165) is 36.6 Å². The van der Waals surface area contributed by atoms with Crippen LogP contribution in [-0.2, 0) is 0 Å². The lowest BCUT2D eigenvalue weighted by Gasteiger charge is -2.31. The minimum atomic E-state index is 0.121. The molecule has 1 amide bonds. The van der Waals surface area contributed by atoms with Gasteiger partial charge in [-0.15, -0.1) is 0 Å². The molecule has 1 atom stereocenters. The number of thioether (sulfide) groups is 1. The van der Waals surface area contributed by atoms with E-state index in [1.54, 1.807) is 12.1 Å². The normalized spacial score (nSPS) is 20.0. The lowest BCUT2D eigenvalue weighted by molar-refractivity contribution is 0.0675. The van der Waals surface area contributed by atoms with Crippen molar-refractivity contribution in [3.05, 3.63) is 34.9 Å². The average Bonchev–Trinajstić information content (AvgIpc) is 2.63. The maximum Gasteiger partial charge on any atom is 0.254 e. The molecule has 0 spiro atoms. The van der Waals surface area contributed by atoms with Crippen molar-refractivity contribution >= 4 is 29.3 Å². The smallest absolute Gasteiger partial charge is 0.254 e. The molecule has 1 aliphatic heterocycles. The zero-order valence-electron chi connectivity index (χ0n) is 12.0. The van der Waals surface area contributed by atoms with Gasteiger partial charge in [-0.3, -0.25) is 4.79 Å². The highest BCUT2D eigenvalue weighted by atomic mass is 35.5. The largest absolute Gasteiger partial charge is 0.334 e. The number of benzene rings is 1. The molecule has 2 rings (SSSR count). The van der Waals surface area contributed by atoms with Crippen LogP contribution in [0, 0.1) is 0 Å². The van der Waals surface area contributed by atoms with Gasteiger partial charge in [0.2, 0.25) is 0 Å². The van der Waals surface area contributed by atoms with Crippen molar-refractivity contribution in [3.63, 3.8) is 0 Å².